The van der Waals surface area contributed by atoms with Gasteiger partial charge in [-0.1, -0.05) is 49.2 Å². The van der Waals surface area contributed by atoms with Crippen LogP contribution in [0.3, 0.4) is 0 Å². The predicted octanol–water partition coefficient (Wildman–Crippen LogP) is 7.74. The van der Waals surface area contributed by atoms with Crippen molar-refractivity contribution in [1.29, 1.82) is 0 Å². The summed E-state index contributed by atoms with van der Waals surface area (Å²) in [5.74, 6) is 4.42. The van der Waals surface area contributed by atoms with Gasteiger partial charge >= 0.3 is 0 Å². The molecule has 3 atom stereocenters. The van der Waals surface area contributed by atoms with Gasteiger partial charge in [-0.05, 0) is 104 Å². The first-order valence-electron chi connectivity index (χ1n) is 13.0. The van der Waals surface area contributed by atoms with Gasteiger partial charge in [0.15, 0.2) is 21.5 Å². The smallest absolute Gasteiger partial charge is 0.189 e. The van der Waals surface area contributed by atoms with Crippen molar-refractivity contribution < 1.29 is 9.47 Å². The van der Waals surface area contributed by atoms with Crippen LogP contribution in [0.2, 0.25) is 0 Å². The Morgan fingerprint density at radius 3 is 1.74 bits per heavy atom. The van der Waals surface area contributed by atoms with Gasteiger partial charge in [-0.3, -0.25) is 0 Å². The van der Waals surface area contributed by atoms with E-state index in [1.165, 1.54) is 59.6 Å². The molecule has 4 aliphatic rings. The van der Waals surface area contributed by atoms with Crippen LogP contribution >= 0.6 is 0 Å². The standard InChI is InChI=1S/C31H35O2S/c1-3-7-28(8-4-1)34(29-9-5-2-6-10-29)30-15-13-27(14-16-30)32-22-33-31-21-25-17-23-11-12-24(18-25)20-26(31)19-23/h1-10,13-16,23-26,31H,11-12,17-22H2/q+1. The van der Waals surface area contributed by atoms with E-state index in [9.17, 15) is 0 Å². The normalized spacial score (nSPS) is 28.0. The van der Waals surface area contributed by atoms with E-state index in [4.69, 9.17) is 9.47 Å². The number of benzene rings is 3. The van der Waals surface area contributed by atoms with Gasteiger partial charge in [-0.25, -0.2) is 0 Å². The van der Waals surface area contributed by atoms with Gasteiger partial charge in [-0.2, -0.15) is 0 Å². The van der Waals surface area contributed by atoms with Gasteiger partial charge < -0.3 is 9.47 Å². The predicted molar refractivity (Wildman–Crippen MR) is 138 cm³/mol. The maximum Gasteiger partial charge on any atom is 0.189 e. The minimum Gasteiger partial charge on any atom is -0.468 e. The first-order valence-corrected chi connectivity index (χ1v) is 14.2. The van der Waals surface area contributed by atoms with E-state index in [1.54, 1.807) is 0 Å². The molecule has 4 bridgehead atoms. The Bertz CT molecular complexity index is 996. The molecule has 0 N–H and O–H groups in total. The number of fused-ring (bicyclic) bond motifs is 2. The topological polar surface area (TPSA) is 18.5 Å². The molecule has 0 spiro atoms. The minimum atomic E-state index is -0.125. The lowest BCUT2D eigenvalue weighted by Gasteiger charge is -2.25. The molecule has 4 saturated carbocycles. The van der Waals surface area contributed by atoms with Crippen LogP contribution in [-0.2, 0) is 15.6 Å². The molecule has 34 heavy (non-hydrogen) atoms. The molecule has 2 nitrogen and oxygen atoms in total. The first kappa shape index (κ1) is 22.2. The molecule has 0 radical (unpaired) electrons. The Kier molecular flexibility index (Phi) is 6.66. The number of hydrogen-bond donors (Lipinski definition) is 0. The molecule has 3 heteroatoms. The summed E-state index contributed by atoms with van der Waals surface area (Å²) in [4.78, 5) is 3.97. The van der Waals surface area contributed by atoms with Crippen LogP contribution in [-0.4, -0.2) is 12.9 Å². The van der Waals surface area contributed by atoms with Crippen molar-refractivity contribution in [2.24, 2.45) is 23.7 Å². The summed E-state index contributed by atoms with van der Waals surface area (Å²) in [5, 5.41) is 0. The molecule has 3 unspecified atom stereocenters. The summed E-state index contributed by atoms with van der Waals surface area (Å²) in [7, 11) is -0.125. The Hall–Kier alpha value is -2.23. The fourth-order valence-electron chi connectivity index (χ4n) is 6.73. The second kappa shape index (κ2) is 10.2. The lowest BCUT2D eigenvalue weighted by molar-refractivity contribution is -0.0663. The van der Waals surface area contributed by atoms with E-state index >= 15 is 0 Å². The Balaban J connectivity index is 1.12. The van der Waals surface area contributed by atoms with E-state index < -0.39 is 0 Å². The van der Waals surface area contributed by atoms with E-state index in [-0.39, 0.29) is 10.9 Å². The monoisotopic (exact) mass is 471 g/mol. The van der Waals surface area contributed by atoms with Gasteiger partial charge in [0.05, 0.1) is 17.0 Å². The molecule has 3 aromatic carbocycles. The van der Waals surface area contributed by atoms with Gasteiger partial charge in [0.2, 0.25) is 0 Å². The van der Waals surface area contributed by atoms with Gasteiger partial charge in [0, 0.05) is 0 Å². The van der Waals surface area contributed by atoms with Crippen molar-refractivity contribution in [2.75, 3.05) is 6.79 Å². The average molecular weight is 472 g/mol. The number of hydrogen-bond acceptors (Lipinski definition) is 2. The fraction of sp³-hybridized carbons (Fsp3) is 0.419. The van der Waals surface area contributed by atoms with Crippen LogP contribution in [0.1, 0.15) is 44.9 Å². The van der Waals surface area contributed by atoms with Crippen LogP contribution in [0, 0.1) is 23.7 Å². The average Bonchev–Trinajstić information content (AvgIpc) is 3.32. The number of rotatable bonds is 7. The molecular formula is C31H35O2S+. The van der Waals surface area contributed by atoms with Crippen LogP contribution in [0.15, 0.2) is 99.6 Å². The molecule has 0 aromatic heterocycles. The Morgan fingerprint density at radius 2 is 1.15 bits per heavy atom. The highest BCUT2D eigenvalue weighted by atomic mass is 32.2. The highest BCUT2D eigenvalue weighted by Crippen LogP contribution is 2.49. The third-order valence-corrected chi connectivity index (χ3v) is 10.4. The summed E-state index contributed by atoms with van der Waals surface area (Å²) in [6.07, 6.45) is 10.2. The van der Waals surface area contributed by atoms with Crippen LogP contribution in [0.5, 0.6) is 5.75 Å². The van der Waals surface area contributed by atoms with Crippen LogP contribution < -0.4 is 4.74 Å². The zero-order chi connectivity index (χ0) is 22.7. The van der Waals surface area contributed by atoms with Crippen LogP contribution in [0.4, 0.5) is 0 Å². The van der Waals surface area contributed by atoms with Crippen molar-refractivity contribution in [3.05, 3.63) is 84.9 Å². The lowest BCUT2D eigenvalue weighted by atomic mass is 9.84. The molecule has 3 aromatic rings. The van der Waals surface area contributed by atoms with Gasteiger partial charge in [-0.15, -0.1) is 0 Å². The maximum atomic E-state index is 6.40. The summed E-state index contributed by atoms with van der Waals surface area (Å²) in [6.45, 7) is 0.367. The summed E-state index contributed by atoms with van der Waals surface area (Å²) in [6, 6.07) is 30.2. The van der Waals surface area contributed by atoms with E-state index in [2.05, 4.69) is 84.9 Å². The molecule has 0 aliphatic heterocycles. The quantitative estimate of drug-likeness (QED) is 0.259. The molecule has 4 aliphatic carbocycles. The van der Waals surface area contributed by atoms with Crippen molar-refractivity contribution in [3.63, 3.8) is 0 Å². The fourth-order valence-corrected chi connectivity index (χ4v) is 8.81. The van der Waals surface area contributed by atoms with Crippen molar-refractivity contribution in [3.8, 4) is 5.75 Å². The van der Waals surface area contributed by atoms with Crippen molar-refractivity contribution in [2.45, 2.75) is 65.7 Å². The SMILES string of the molecule is c1ccc([S+](c2ccccc2)c2ccc(OCOC3CC4CC5CCC(C4)CC3C5)cc2)cc1. The molecule has 0 saturated heterocycles. The molecule has 0 heterocycles. The summed E-state index contributed by atoms with van der Waals surface area (Å²) in [5.41, 5.74) is 0. The Morgan fingerprint density at radius 1 is 0.588 bits per heavy atom. The molecule has 0 amide bonds. The molecule has 4 fully saturated rings. The molecule has 176 valence electrons. The van der Waals surface area contributed by atoms with Gasteiger partial charge in [0.1, 0.15) is 5.75 Å². The summed E-state index contributed by atoms with van der Waals surface area (Å²) >= 11 is 0. The third-order valence-electron chi connectivity index (χ3n) is 8.21. The zero-order valence-electron chi connectivity index (χ0n) is 19.9. The minimum absolute atomic E-state index is 0.125. The van der Waals surface area contributed by atoms with E-state index in [0.717, 1.165) is 29.4 Å². The first-order chi connectivity index (χ1) is 16.8. The maximum absolute atomic E-state index is 6.40. The van der Waals surface area contributed by atoms with Gasteiger partial charge in [0.25, 0.3) is 0 Å². The Labute approximate surface area is 207 Å². The van der Waals surface area contributed by atoms with Crippen molar-refractivity contribution in [1.82, 2.24) is 0 Å². The van der Waals surface area contributed by atoms with Crippen molar-refractivity contribution >= 4 is 10.9 Å². The van der Waals surface area contributed by atoms with E-state index in [1.807, 2.05) is 0 Å². The lowest BCUT2D eigenvalue weighted by Crippen LogP contribution is -2.25. The largest absolute Gasteiger partial charge is 0.468 e. The highest BCUT2D eigenvalue weighted by Gasteiger charge is 2.41. The third kappa shape index (κ3) is 4.92. The summed E-state index contributed by atoms with van der Waals surface area (Å²) < 4.78 is 12.5. The zero-order valence-corrected chi connectivity index (χ0v) is 20.7. The number of ether oxygens (including phenoxy) is 2. The second-order valence-electron chi connectivity index (χ2n) is 10.5. The second-order valence-corrected chi connectivity index (χ2v) is 12.5. The molecule has 7 rings (SSSR count). The molecular weight excluding hydrogens is 436 g/mol. The van der Waals surface area contributed by atoms with Crippen LogP contribution in [0.25, 0.3) is 0 Å². The highest BCUT2D eigenvalue weighted by molar-refractivity contribution is 7.97. The van der Waals surface area contributed by atoms with E-state index in [0.29, 0.717) is 12.9 Å².